The second kappa shape index (κ2) is 6.87. The Balaban J connectivity index is 1.80. The molecule has 0 radical (unpaired) electrons. The van der Waals surface area contributed by atoms with Crippen LogP contribution in [-0.4, -0.2) is 42.2 Å². The molecule has 1 saturated carbocycles. The summed E-state index contributed by atoms with van der Waals surface area (Å²) in [5, 5.41) is 3.36. The minimum atomic E-state index is 0.0924. The summed E-state index contributed by atoms with van der Waals surface area (Å²) in [5.41, 5.74) is 0.0924. The summed E-state index contributed by atoms with van der Waals surface area (Å²) in [7, 11) is 4.23. The van der Waals surface area contributed by atoms with Crippen LogP contribution in [0.4, 0.5) is 0 Å². The number of rotatable bonds is 5. The molecule has 1 aromatic heterocycles. The molecule has 1 aromatic rings. The Hall–Kier alpha value is -1.13. The first-order valence-electron chi connectivity index (χ1n) is 7.23. The van der Waals surface area contributed by atoms with Gasteiger partial charge in [0, 0.05) is 37.4 Å². The second-order valence-corrected chi connectivity index (χ2v) is 5.51. The summed E-state index contributed by atoms with van der Waals surface area (Å²) in [5.74, 6) is 0. The van der Waals surface area contributed by atoms with Crippen LogP contribution in [0.3, 0.4) is 0 Å². The third kappa shape index (κ3) is 3.91. The normalized spacial score (nSPS) is 23.7. The molecule has 0 saturated heterocycles. The first-order chi connectivity index (χ1) is 9.20. The number of aromatic nitrogens is 1. The van der Waals surface area contributed by atoms with Crippen LogP contribution < -0.4 is 10.9 Å². The molecule has 0 aromatic carbocycles. The molecule has 1 N–H and O–H groups in total. The average molecular weight is 263 g/mol. The van der Waals surface area contributed by atoms with Crippen LogP contribution in [-0.2, 0) is 6.54 Å². The molecule has 0 aliphatic heterocycles. The minimum absolute atomic E-state index is 0.0924. The molecular formula is C15H25N3O. The zero-order valence-electron chi connectivity index (χ0n) is 12.0. The maximum Gasteiger partial charge on any atom is 0.250 e. The van der Waals surface area contributed by atoms with Crippen LogP contribution in [0.5, 0.6) is 0 Å². The zero-order valence-corrected chi connectivity index (χ0v) is 12.0. The topological polar surface area (TPSA) is 37.3 Å². The molecule has 1 aliphatic carbocycles. The van der Waals surface area contributed by atoms with Gasteiger partial charge in [0.1, 0.15) is 0 Å². The van der Waals surface area contributed by atoms with Gasteiger partial charge in [-0.25, -0.2) is 0 Å². The quantitative estimate of drug-likeness (QED) is 0.870. The van der Waals surface area contributed by atoms with Crippen LogP contribution in [0.1, 0.15) is 25.7 Å². The largest absolute Gasteiger partial charge is 0.317 e. The van der Waals surface area contributed by atoms with E-state index in [0.29, 0.717) is 12.1 Å². The molecule has 0 atom stereocenters. The number of hydrogen-bond donors (Lipinski definition) is 1. The first-order valence-corrected chi connectivity index (χ1v) is 7.23. The molecule has 1 aliphatic rings. The van der Waals surface area contributed by atoms with Crippen molar-refractivity contribution in [2.24, 2.45) is 0 Å². The fraction of sp³-hybridized carbons (Fsp3) is 0.667. The summed E-state index contributed by atoms with van der Waals surface area (Å²) < 4.78 is 1.79. The highest BCUT2D eigenvalue weighted by Gasteiger charge is 2.22. The molecular weight excluding hydrogens is 238 g/mol. The predicted molar refractivity (Wildman–Crippen MR) is 78.4 cm³/mol. The smallest absolute Gasteiger partial charge is 0.250 e. The van der Waals surface area contributed by atoms with Crippen LogP contribution in [0.25, 0.3) is 0 Å². The van der Waals surface area contributed by atoms with Crippen molar-refractivity contribution in [3.05, 3.63) is 34.7 Å². The van der Waals surface area contributed by atoms with E-state index in [0.717, 1.165) is 13.1 Å². The van der Waals surface area contributed by atoms with Crippen molar-refractivity contribution in [2.45, 2.75) is 44.3 Å². The number of pyridine rings is 1. The fourth-order valence-corrected chi connectivity index (χ4v) is 2.90. The number of hydrogen-bond acceptors (Lipinski definition) is 3. The van der Waals surface area contributed by atoms with Gasteiger partial charge < -0.3 is 14.8 Å². The monoisotopic (exact) mass is 263 g/mol. The summed E-state index contributed by atoms with van der Waals surface area (Å²) >= 11 is 0. The second-order valence-electron chi connectivity index (χ2n) is 5.51. The van der Waals surface area contributed by atoms with Gasteiger partial charge in [0.05, 0.1) is 0 Å². The van der Waals surface area contributed by atoms with Gasteiger partial charge in [0.15, 0.2) is 0 Å². The predicted octanol–water partition coefficient (Wildman–Crippen LogP) is 1.31. The van der Waals surface area contributed by atoms with E-state index in [-0.39, 0.29) is 5.56 Å². The van der Waals surface area contributed by atoms with Gasteiger partial charge in [-0.05, 0) is 45.8 Å². The Morgan fingerprint density at radius 3 is 2.68 bits per heavy atom. The maximum atomic E-state index is 11.6. The van der Waals surface area contributed by atoms with E-state index in [1.807, 2.05) is 12.3 Å². The van der Waals surface area contributed by atoms with Gasteiger partial charge in [0.25, 0.3) is 5.56 Å². The first kappa shape index (κ1) is 14.3. The Morgan fingerprint density at radius 2 is 2.05 bits per heavy atom. The lowest BCUT2D eigenvalue weighted by atomic mass is 9.90. The van der Waals surface area contributed by atoms with Crippen molar-refractivity contribution in [3.63, 3.8) is 0 Å². The molecule has 1 heterocycles. The van der Waals surface area contributed by atoms with Crippen LogP contribution >= 0.6 is 0 Å². The van der Waals surface area contributed by atoms with E-state index in [1.165, 1.54) is 25.7 Å². The van der Waals surface area contributed by atoms with Crippen molar-refractivity contribution >= 4 is 0 Å². The molecule has 4 heteroatoms. The van der Waals surface area contributed by atoms with E-state index in [9.17, 15) is 4.79 Å². The molecule has 0 amide bonds. The number of nitrogens with one attached hydrogen (secondary N) is 1. The van der Waals surface area contributed by atoms with E-state index >= 15 is 0 Å². The zero-order chi connectivity index (χ0) is 13.7. The van der Waals surface area contributed by atoms with Crippen LogP contribution in [0.2, 0.25) is 0 Å². The van der Waals surface area contributed by atoms with Crippen molar-refractivity contribution in [1.29, 1.82) is 0 Å². The SMILES string of the molecule is CNC1CCC(N(C)CCn2ccccc2=O)CC1. The van der Waals surface area contributed by atoms with Gasteiger partial charge in [-0.3, -0.25) is 4.79 Å². The number of likely N-dealkylation sites (N-methyl/N-ethyl adjacent to an activating group) is 1. The molecule has 106 valence electrons. The summed E-state index contributed by atoms with van der Waals surface area (Å²) in [6.07, 6.45) is 6.90. The molecule has 4 nitrogen and oxygen atoms in total. The molecule has 0 bridgehead atoms. The lowest BCUT2D eigenvalue weighted by Crippen LogP contribution is -2.41. The van der Waals surface area contributed by atoms with Gasteiger partial charge in [-0.1, -0.05) is 6.07 Å². The van der Waals surface area contributed by atoms with Crippen LogP contribution in [0.15, 0.2) is 29.2 Å². The van der Waals surface area contributed by atoms with E-state index < -0.39 is 0 Å². The lowest BCUT2D eigenvalue weighted by molar-refractivity contribution is 0.171. The van der Waals surface area contributed by atoms with Gasteiger partial charge in [-0.15, -0.1) is 0 Å². The van der Waals surface area contributed by atoms with E-state index in [2.05, 4.69) is 24.3 Å². The summed E-state index contributed by atoms with van der Waals surface area (Å²) in [4.78, 5) is 14.0. The van der Waals surface area contributed by atoms with Crippen molar-refractivity contribution in [1.82, 2.24) is 14.8 Å². The Kier molecular flexibility index (Phi) is 5.16. The highest BCUT2D eigenvalue weighted by Crippen LogP contribution is 2.21. The lowest BCUT2D eigenvalue weighted by Gasteiger charge is -2.34. The molecule has 1 fully saturated rings. The van der Waals surface area contributed by atoms with Crippen molar-refractivity contribution < 1.29 is 0 Å². The van der Waals surface area contributed by atoms with Gasteiger partial charge in [0.2, 0.25) is 0 Å². The Labute approximate surface area is 115 Å². The van der Waals surface area contributed by atoms with Gasteiger partial charge >= 0.3 is 0 Å². The Morgan fingerprint density at radius 1 is 1.32 bits per heavy atom. The van der Waals surface area contributed by atoms with Gasteiger partial charge in [-0.2, -0.15) is 0 Å². The highest BCUT2D eigenvalue weighted by atomic mass is 16.1. The third-order valence-electron chi connectivity index (χ3n) is 4.32. The molecule has 0 spiro atoms. The number of nitrogens with zero attached hydrogens (tertiary/aromatic N) is 2. The molecule has 0 unspecified atom stereocenters. The van der Waals surface area contributed by atoms with Crippen molar-refractivity contribution in [2.75, 3.05) is 20.6 Å². The Bertz CT molecular complexity index is 435. The van der Waals surface area contributed by atoms with E-state index in [1.54, 1.807) is 16.7 Å². The average Bonchev–Trinajstić information content (AvgIpc) is 2.46. The standard InChI is InChI=1S/C15H25N3O/c1-16-13-6-8-14(9-7-13)17(2)11-12-18-10-4-3-5-15(18)19/h3-5,10,13-14,16H,6-9,11-12H2,1-2H3. The molecule has 19 heavy (non-hydrogen) atoms. The fourth-order valence-electron chi connectivity index (χ4n) is 2.90. The van der Waals surface area contributed by atoms with Crippen LogP contribution in [0, 0.1) is 0 Å². The summed E-state index contributed by atoms with van der Waals surface area (Å²) in [6, 6.07) is 6.70. The molecule has 2 rings (SSSR count). The third-order valence-corrected chi connectivity index (χ3v) is 4.32. The van der Waals surface area contributed by atoms with E-state index in [4.69, 9.17) is 0 Å². The minimum Gasteiger partial charge on any atom is -0.317 e. The maximum absolute atomic E-state index is 11.6. The summed E-state index contributed by atoms with van der Waals surface area (Å²) in [6.45, 7) is 1.72. The van der Waals surface area contributed by atoms with Crippen molar-refractivity contribution in [3.8, 4) is 0 Å². The highest BCUT2D eigenvalue weighted by molar-refractivity contribution is 4.93.